The first-order valence-corrected chi connectivity index (χ1v) is 6.72. The van der Waals surface area contributed by atoms with E-state index in [2.05, 4.69) is 0 Å². The summed E-state index contributed by atoms with van der Waals surface area (Å²) in [5.74, 6) is -5.72. The highest BCUT2D eigenvalue weighted by atomic mass is 32.2. The summed E-state index contributed by atoms with van der Waals surface area (Å²) in [6.07, 6.45) is -0.585. The van der Waals surface area contributed by atoms with Gasteiger partial charge >= 0.3 is 0 Å². The van der Waals surface area contributed by atoms with Crippen molar-refractivity contribution >= 4 is 27.3 Å². The van der Waals surface area contributed by atoms with E-state index >= 15 is 0 Å². The van der Waals surface area contributed by atoms with Gasteiger partial charge in [0.25, 0.3) is 15.9 Å². The second-order valence-corrected chi connectivity index (χ2v) is 5.91. The first-order chi connectivity index (χ1) is 7.33. The summed E-state index contributed by atoms with van der Waals surface area (Å²) in [6.45, 7) is 0. The minimum atomic E-state index is -3.99. The van der Waals surface area contributed by atoms with Crippen molar-refractivity contribution in [3.63, 3.8) is 0 Å². The van der Waals surface area contributed by atoms with E-state index in [0.717, 1.165) is 11.3 Å². The number of carbonyl (C=O) groups is 1. The fraction of sp³-hybridized carbons (Fsp3) is 0.375. The molecule has 1 aliphatic rings. The Balaban J connectivity index is 2.09. The SMILES string of the molecule is O=C(NS(=O)(=O)c1ccsc1)C1CC1(F)F. The third kappa shape index (κ3) is 2.07. The Hall–Kier alpha value is -1.02. The predicted molar refractivity (Wildman–Crippen MR) is 52.7 cm³/mol. The molecule has 0 aliphatic heterocycles. The van der Waals surface area contributed by atoms with Crippen molar-refractivity contribution in [3.05, 3.63) is 16.8 Å². The first kappa shape index (κ1) is 11.5. The van der Waals surface area contributed by atoms with Gasteiger partial charge in [-0.05, 0) is 11.4 Å². The maximum absolute atomic E-state index is 12.5. The zero-order chi connectivity index (χ0) is 12.0. The summed E-state index contributed by atoms with van der Waals surface area (Å²) >= 11 is 1.14. The van der Waals surface area contributed by atoms with Crippen LogP contribution < -0.4 is 4.72 Å². The van der Waals surface area contributed by atoms with Crippen molar-refractivity contribution in [2.45, 2.75) is 17.2 Å². The molecule has 1 fully saturated rings. The summed E-state index contributed by atoms with van der Waals surface area (Å²) in [5, 5.41) is 2.84. The molecule has 0 spiro atoms. The van der Waals surface area contributed by atoms with E-state index in [1.165, 1.54) is 16.8 Å². The van der Waals surface area contributed by atoms with Gasteiger partial charge in [-0.15, -0.1) is 0 Å². The monoisotopic (exact) mass is 267 g/mol. The van der Waals surface area contributed by atoms with Gasteiger partial charge in [0, 0.05) is 11.8 Å². The number of thiophene rings is 1. The van der Waals surface area contributed by atoms with Gasteiger partial charge < -0.3 is 0 Å². The molecule has 1 heterocycles. The molecule has 88 valence electrons. The lowest BCUT2D eigenvalue weighted by molar-refractivity contribution is -0.122. The smallest absolute Gasteiger partial charge is 0.264 e. The van der Waals surface area contributed by atoms with Crippen molar-refractivity contribution in [3.8, 4) is 0 Å². The highest BCUT2D eigenvalue weighted by Gasteiger charge is 2.61. The van der Waals surface area contributed by atoms with E-state index in [-0.39, 0.29) is 4.90 Å². The minimum Gasteiger partial charge on any atom is -0.273 e. The van der Waals surface area contributed by atoms with Gasteiger partial charge in [0.15, 0.2) is 0 Å². The van der Waals surface area contributed by atoms with E-state index in [9.17, 15) is 22.0 Å². The Bertz CT molecular complexity index is 509. The van der Waals surface area contributed by atoms with Crippen molar-refractivity contribution in [1.82, 2.24) is 4.72 Å². The van der Waals surface area contributed by atoms with Gasteiger partial charge in [0.1, 0.15) is 5.92 Å². The van der Waals surface area contributed by atoms with Crippen LogP contribution in [0.25, 0.3) is 0 Å². The number of alkyl halides is 2. The zero-order valence-corrected chi connectivity index (χ0v) is 9.45. The number of nitrogens with one attached hydrogen (secondary N) is 1. The van der Waals surface area contributed by atoms with Crippen LogP contribution in [-0.2, 0) is 14.8 Å². The summed E-state index contributed by atoms with van der Waals surface area (Å²) < 4.78 is 49.6. The second kappa shape index (κ2) is 3.49. The van der Waals surface area contributed by atoms with Crippen molar-refractivity contribution in [1.29, 1.82) is 0 Å². The highest BCUT2D eigenvalue weighted by molar-refractivity contribution is 7.90. The van der Waals surface area contributed by atoms with Crippen LogP contribution in [0.15, 0.2) is 21.7 Å². The third-order valence-corrected chi connectivity index (χ3v) is 4.36. The van der Waals surface area contributed by atoms with E-state index in [1.54, 1.807) is 4.72 Å². The Labute approximate surface area is 94.3 Å². The van der Waals surface area contributed by atoms with Crippen molar-refractivity contribution in [2.24, 2.45) is 5.92 Å². The Kier molecular flexibility index (Phi) is 2.50. The van der Waals surface area contributed by atoms with Crippen LogP contribution in [-0.4, -0.2) is 20.2 Å². The molecule has 1 N–H and O–H groups in total. The fourth-order valence-corrected chi connectivity index (χ4v) is 3.21. The maximum Gasteiger partial charge on any atom is 0.264 e. The molecule has 1 aromatic rings. The summed E-state index contributed by atoms with van der Waals surface area (Å²) in [7, 11) is -3.99. The number of amides is 1. The normalized spacial score (nSPS) is 22.8. The van der Waals surface area contributed by atoms with E-state index in [4.69, 9.17) is 0 Å². The third-order valence-electron chi connectivity index (χ3n) is 2.18. The Morgan fingerprint density at radius 1 is 1.56 bits per heavy atom. The topological polar surface area (TPSA) is 63.2 Å². The van der Waals surface area contributed by atoms with E-state index in [0.29, 0.717) is 0 Å². The molecular weight excluding hydrogens is 260 g/mol. The highest BCUT2D eigenvalue weighted by Crippen LogP contribution is 2.48. The van der Waals surface area contributed by atoms with E-state index < -0.39 is 34.2 Å². The van der Waals surface area contributed by atoms with Gasteiger partial charge in [-0.2, -0.15) is 11.3 Å². The van der Waals surface area contributed by atoms with Gasteiger partial charge in [0.05, 0.1) is 4.90 Å². The number of sulfonamides is 1. The molecule has 1 saturated carbocycles. The van der Waals surface area contributed by atoms with Crippen LogP contribution in [0.4, 0.5) is 8.78 Å². The number of hydrogen-bond donors (Lipinski definition) is 1. The zero-order valence-electron chi connectivity index (χ0n) is 7.81. The second-order valence-electron chi connectivity index (χ2n) is 3.45. The molecule has 16 heavy (non-hydrogen) atoms. The summed E-state index contributed by atoms with van der Waals surface area (Å²) in [4.78, 5) is 11.1. The molecule has 1 amide bonds. The minimum absolute atomic E-state index is 0.0881. The summed E-state index contributed by atoms with van der Waals surface area (Å²) in [6, 6.07) is 1.30. The van der Waals surface area contributed by atoms with Crippen LogP contribution in [0, 0.1) is 5.92 Å². The average molecular weight is 267 g/mol. The Morgan fingerprint density at radius 3 is 2.62 bits per heavy atom. The molecule has 2 rings (SSSR count). The molecule has 1 unspecified atom stereocenters. The lowest BCUT2D eigenvalue weighted by Crippen LogP contribution is -2.32. The predicted octanol–water partition coefficient (Wildman–Crippen LogP) is 1.21. The van der Waals surface area contributed by atoms with Gasteiger partial charge in [-0.1, -0.05) is 0 Å². The molecule has 8 heteroatoms. The fourth-order valence-electron chi connectivity index (χ4n) is 1.17. The summed E-state index contributed by atoms with van der Waals surface area (Å²) in [5.41, 5.74) is 0. The average Bonchev–Trinajstić information content (AvgIpc) is 2.67. The Morgan fingerprint density at radius 2 is 2.19 bits per heavy atom. The number of hydrogen-bond acceptors (Lipinski definition) is 4. The molecular formula is C8H7F2NO3S2. The van der Waals surface area contributed by atoms with Crippen LogP contribution in [0.1, 0.15) is 6.42 Å². The molecule has 0 radical (unpaired) electrons. The molecule has 1 aliphatic carbocycles. The number of rotatable bonds is 3. The van der Waals surface area contributed by atoms with Crippen LogP contribution in [0.2, 0.25) is 0 Å². The maximum atomic E-state index is 12.5. The van der Waals surface area contributed by atoms with Gasteiger partial charge in [0.2, 0.25) is 5.91 Å². The lowest BCUT2D eigenvalue weighted by Gasteiger charge is -2.03. The molecule has 0 bridgehead atoms. The molecule has 0 saturated heterocycles. The number of carbonyl (C=O) groups excluding carboxylic acids is 1. The van der Waals surface area contributed by atoms with Crippen LogP contribution in [0.3, 0.4) is 0 Å². The molecule has 1 aromatic heterocycles. The van der Waals surface area contributed by atoms with E-state index in [1.807, 2.05) is 0 Å². The van der Waals surface area contributed by atoms with Gasteiger partial charge in [-0.25, -0.2) is 21.9 Å². The number of halogens is 2. The molecule has 4 nitrogen and oxygen atoms in total. The van der Waals surface area contributed by atoms with Crippen molar-refractivity contribution < 1.29 is 22.0 Å². The largest absolute Gasteiger partial charge is 0.273 e. The molecule has 0 aromatic carbocycles. The van der Waals surface area contributed by atoms with Crippen molar-refractivity contribution in [2.75, 3.05) is 0 Å². The first-order valence-electron chi connectivity index (χ1n) is 4.29. The van der Waals surface area contributed by atoms with Crippen LogP contribution >= 0.6 is 11.3 Å². The lowest BCUT2D eigenvalue weighted by atomic mass is 10.4. The van der Waals surface area contributed by atoms with Gasteiger partial charge in [-0.3, -0.25) is 4.79 Å². The standard InChI is InChI=1S/C8H7F2NO3S2/c9-8(10)3-6(8)7(12)11-16(13,14)5-1-2-15-4-5/h1-2,4,6H,3H2,(H,11,12). The van der Waals surface area contributed by atoms with Crippen LogP contribution in [0.5, 0.6) is 0 Å². The quantitative estimate of drug-likeness (QED) is 0.895. The molecule has 1 atom stereocenters.